The molecule has 0 aliphatic rings. The van der Waals surface area contributed by atoms with Gasteiger partial charge in [0.25, 0.3) is 0 Å². The molecule has 0 fully saturated rings. The average Bonchev–Trinajstić information content (AvgIpc) is 2.28. The molecule has 1 unspecified atom stereocenters. The normalized spacial score (nSPS) is 13.1. The number of pyridine rings is 1. The van der Waals surface area contributed by atoms with Crippen molar-refractivity contribution in [2.75, 3.05) is 19.4 Å². The zero-order valence-corrected chi connectivity index (χ0v) is 11.7. The Morgan fingerprint density at radius 3 is 2.65 bits per heavy atom. The Labute approximate surface area is 105 Å². The van der Waals surface area contributed by atoms with E-state index in [-0.39, 0.29) is 0 Å². The maximum Gasteiger partial charge on any atom is 0.130 e. The lowest BCUT2D eigenvalue weighted by Gasteiger charge is -2.26. The first kappa shape index (κ1) is 14.0. The minimum atomic E-state index is 0.597. The van der Waals surface area contributed by atoms with Crippen LogP contribution in [0.3, 0.4) is 0 Å². The van der Waals surface area contributed by atoms with Gasteiger partial charge >= 0.3 is 0 Å². The molecule has 0 radical (unpaired) electrons. The average molecular weight is 235 g/mol. The minimum absolute atomic E-state index is 0.597. The van der Waals surface area contributed by atoms with Crippen LogP contribution in [0.2, 0.25) is 0 Å². The van der Waals surface area contributed by atoms with Crippen molar-refractivity contribution in [2.45, 2.75) is 39.8 Å². The van der Waals surface area contributed by atoms with Crippen molar-refractivity contribution >= 4 is 5.82 Å². The van der Waals surface area contributed by atoms with Crippen LogP contribution in [0.25, 0.3) is 0 Å². The maximum atomic E-state index is 4.33. The summed E-state index contributed by atoms with van der Waals surface area (Å²) in [5.41, 5.74) is 1.26. The highest BCUT2D eigenvalue weighted by atomic mass is 15.1. The molecule has 0 aliphatic heterocycles. The van der Waals surface area contributed by atoms with Crippen LogP contribution in [0.15, 0.2) is 18.3 Å². The van der Waals surface area contributed by atoms with Crippen LogP contribution in [0.5, 0.6) is 0 Å². The van der Waals surface area contributed by atoms with Crippen LogP contribution in [0.1, 0.15) is 32.8 Å². The Morgan fingerprint density at radius 1 is 1.35 bits per heavy atom. The molecule has 1 aromatic rings. The Hall–Kier alpha value is -1.09. The summed E-state index contributed by atoms with van der Waals surface area (Å²) in [4.78, 5) is 6.72. The van der Waals surface area contributed by atoms with Gasteiger partial charge in [-0.3, -0.25) is 4.90 Å². The molecule has 0 saturated carbocycles. The third-order valence-electron chi connectivity index (χ3n) is 3.11. The monoisotopic (exact) mass is 235 g/mol. The smallest absolute Gasteiger partial charge is 0.130 e. The van der Waals surface area contributed by atoms with E-state index >= 15 is 0 Å². The fourth-order valence-corrected chi connectivity index (χ4v) is 2.08. The number of hydrogen-bond donors (Lipinski definition) is 1. The number of anilines is 1. The maximum absolute atomic E-state index is 4.33. The number of hydrogen-bond acceptors (Lipinski definition) is 3. The first-order valence-electron chi connectivity index (χ1n) is 6.36. The van der Waals surface area contributed by atoms with Crippen LogP contribution in [0, 0.1) is 5.92 Å². The van der Waals surface area contributed by atoms with Gasteiger partial charge in [0, 0.05) is 31.4 Å². The van der Waals surface area contributed by atoms with E-state index in [4.69, 9.17) is 0 Å². The zero-order valence-electron chi connectivity index (χ0n) is 11.7. The predicted octanol–water partition coefficient (Wildman–Crippen LogP) is 2.99. The van der Waals surface area contributed by atoms with Crippen molar-refractivity contribution in [2.24, 2.45) is 5.92 Å². The van der Waals surface area contributed by atoms with Gasteiger partial charge in [0.05, 0.1) is 0 Å². The van der Waals surface area contributed by atoms with Crippen molar-refractivity contribution in [1.29, 1.82) is 0 Å². The molecule has 0 aromatic carbocycles. The molecule has 0 spiro atoms. The standard InChI is InChI=1S/C14H25N3/c1-11(2)9-12(3)17(5)10-13-7-6-8-16-14(13)15-4/h6-8,11-12H,9-10H2,1-5H3,(H,15,16). The molecular weight excluding hydrogens is 210 g/mol. The molecule has 1 heterocycles. The Morgan fingerprint density at radius 2 is 2.06 bits per heavy atom. The first-order chi connectivity index (χ1) is 8.04. The second-order valence-corrected chi connectivity index (χ2v) is 5.15. The molecular formula is C14H25N3. The van der Waals surface area contributed by atoms with Gasteiger partial charge in [-0.05, 0) is 32.4 Å². The third kappa shape index (κ3) is 4.35. The fraction of sp³-hybridized carbons (Fsp3) is 0.643. The van der Waals surface area contributed by atoms with Crippen molar-refractivity contribution in [3.8, 4) is 0 Å². The first-order valence-corrected chi connectivity index (χ1v) is 6.36. The lowest BCUT2D eigenvalue weighted by atomic mass is 10.0. The van der Waals surface area contributed by atoms with Crippen LogP contribution in [-0.2, 0) is 6.54 Å². The predicted molar refractivity (Wildman–Crippen MR) is 74.2 cm³/mol. The van der Waals surface area contributed by atoms with Crippen LogP contribution >= 0.6 is 0 Å². The van der Waals surface area contributed by atoms with Crippen LogP contribution < -0.4 is 5.32 Å². The highest BCUT2D eigenvalue weighted by molar-refractivity contribution is 5.42. The summed E-state index contributed by atoms with van der Waals surface area (Å²) in [7, 11) is 4.10. The van der Waals surface area contributed by atoms with Gasteiger partial charge in [0.15, 0.2) is 0 Å². The van der Waals surface area contributed by atoms with E-state index in [1.807, 2.05) is 19.3 Å². The quantitative estimate of drug-likeness (QED) is 0.821. The molecule has 17 heavy (non-hydrogen) atoms. The van der Waals surface area contributed by atoms with E-state index in [0.717, 1.165) is 18.3 Å². The number of aromatic nitrogens is 1. The molecule has 1 aromatic heterocycles. The summed E-state index contributed by atoms with van der Waals surface area (Å²) in [6.45, 7) is 7.77. The molecule has 0 amide bonds. The minimum Gasteiger partial charge on any atom is -0.373 e. The largest absolute Gasteiger partial charge is 0.373 e. The van der Waals surface area contributed by atoms with Gasteiger partial charge in [0.2, 0.25) is 0 Å². The van der Waals surface area contributed by atoms with E-state index in [0.29, 0.717) is 6.04 Å². The third-order valence-corrected chi connectivity index (χ3v) is 3.11. The van der Waals surface area contributed by atoms with Crippen molar-refractivity contribution in [1.82, 2.24) is 9.88 Å². The molecule has 0 aliphatic carbocycles. The number of nitrogens with zero attached hydrogens (tertiary/aromatic N) is 2. The second-order valence-electron chi connectivity index (χ2n) is 5.15. The van der Waals surface area contributed by atoms with Crippen molar-refractivity contribution < 1.29 is 0 Å². The Kier molecular flexibility index (Phi) is 5.42. The van der Waals surface area contributed by atoms with Crippen molar-refractivity contribution in [3.05, 3.63) is 23.9 Å². The molecule has 96 valence electrons. The van der Waals surface area contributed by atoms with E-state index in [2.05, 4.69) is 49.1 Å². The van der Waals surface area contributed by atoms with Crippen molar-refractivity contribution in [3.63, 3.8) is 0 Å². The van der Waals surface area contributed by atoms with Crippen LogP contribution in [-0.4, -0.2) is 30.0 Å². The van der Waals surface area contributed by atoms with E-state index in [1.54, 1.807) is 0 Å². The molecule has 0 bridgehead atoms. The van der Waals surface area contributed by atoms with E-state index in [9.17, 15) is 0 Å². The fourth-order valence-electron chi connectivity index (χ4n) is 2.08. The zero-order chi connectivity index (χ0) is 12.8. The molecule has 1 N–H and O–H groups in total. The summed E-state index contributed by atoms with van der Waals surface area (Å²) >= 11 is 0. The van der Waals surface area contributed by atoms with Gasteiger partial charge in [-0.25, -0.2) is 4.98 Å². The van der Waals surface area contributed by atoms with Gasteiger partial charge < -0.3 is 5.32 Å². The lowest BCUT2D eigenvalue weighted by molar-refractivity contribution is 0.221. The lowest BCUT2D eigenvalue weighted by Crippen LogP contribution is -2.30. The molecule has 0 saturated heterocycles. The number of nitrogens with one attached hydrogen (secondary N) is 1. The SMILES string of the molecule is CNc1ncccc1CN(C)C(C)CC(C)C. The second kappa shape index (κ2) is 6.60. The highest BCUT2D eigenvalue weighted by Gasteiger charge is 2.12. The Bertz CT molecular complexity index is 336. The summed E-state index contributed by atoms with van der Waals surface area (Å²) in [5.74, 6) is 1.72. The molecule has 3 heteroatoms. The van der Waals surface area contributed by atoms with Gasteiger partial charge in [0.1, 0.15) is 5.82 Å². The molecule has 1 atom stereocenters. The van der Waals surface area contributed by atoms with E-state index in [1.165, 1.54) is 12.0 Å². The molecule has 3 nitrogen and oxygen atoms in total. The topological polar surface area (TPSA) is 28.2 Å². The highest BCUT2D eigenvalue weighted by Crippen LogP contribution is 2.16. The summed E-state index contributed by atoms with van der Waals surface area (Å²) < 4.78 is 0. The van der Waals surface area contributed by atoms with Gasteiger partial charge in [-0.1, -0.05) is 19.9 Å². The summed E-state index contributed by atoms with van der Waals surface area (Å²) in [6.07, 6.45) is 3.05. The van der Waals surface area contributed by atoms with E-state index < -0.39 is 0 Å². The summed E-state index contributed by atoms with van der Waals surface area (Å²) in [5, 5.41) is 3.14. The molecule has 1 rings (SSSR count). The van der Waals surface area contributed by atoms with Gasteiger partial charge in [-0.15, -0.1) is 0 Å². The summed E-state index contributed by atoms with van der Waals surface area (Å²) in [6, 6.07) is 4.73. The van der Waals surface area contributed by atoms with Gasteiger partial charge in [-0.2, -0.15) is 0 Å². The van der Waals surface area contributed by atoms with Crippen LogP contribution in [0.4, 0.5) is 5.82 Å². The number of rotatable bonds is 6. The Balaban J connectivity index is 2.63.